The Morgan fingerprint density at radius 2 is 2.15 bits per heavy atom. The van der Waals surface area contributed by atoms with E-state index in [0.717, 1.165) is 0 Å². The van der Waals surface area contributed by atoms with Gasteiger partial charge in [0.25, 0.3) is 5.91 Å². The van der Waals surface area contributed by atoms with Crippen LogP contribution < -0.4 is 5.32 Å². The van der Waals surface area contributed by atoms with Crippen LogP contribution in [0.2, 0.25) is 0 Å². The summed E-state index contributed by atoms with van der Waals surface area (Å²) in [6.07, 6.45) is -1.58. The number of amides is 2. The van der Waals surface area contributed by atoms with Crippen LogP contribution in [0.25, 0.3) is 0 Å². The number of thiophene rings is 1. The number of likely N-dealkylation sites (N-methyl/N-ethyl adjacent to an activating group) is 1. The molecule has 0 radical (unpaired) electrons. The molecular weight excluding hydrogens is 284 g/mol. The van der Waals surface area contributed by atoms with Crippen LogP contribution in [-0.2, 0) is 9.59 Å². The average molecular weight is 300 g/mol. The Kier molecular flexibility index (Phi) is 6.13. The number of hydrogen-bond donors (Lipinski definition) is 3. The lowest BCUT2D eigenvalue weighted by Gasteiger charge is -2.16. The molecule has 0 aliphatic carbocycles. The summed E-state index contributed by atoms with van der Waals surface area (Å²) < 4.78 is 0. The molecule has 8 heteroatoms. The van der Waals surface area contributed by atoms with E-state index in [1.807, 2.05) is 0 Å². The van der Waals surface area contributed by atoms with E-state index in [2.05, 4.69) is 5.32 Å². The first-order valence-corrected chi connectivity index (χ1v) is 6.76. The fourth-order valence-corrected chi connectivity index (χ4v) is 2.12. The van der Waals surface area contributed by atoms with Gasteiger partial charge in [0.2, 0.25) is 5.91 Å². The fourth-order valence-electron chi connectivity index (χ4n) is 1.40. The van der Waals surface area contributed by atoms with Crippen molar-refractivity contribution in [2.75, 3.05) is 20.1 Å². The van der Waals surface area contributed by atoms with E-state index in [1.165, 1.54) is 23.3 Å². The minimum atomic E-state index is -1.50. The number of rotatable bonds is 7. The van der Waals surface area contributed by atoms with Crippen molar-refractivity contribution in [3.63, 3.8) is 0 Å². The number of nitrogens with zero attached hydrogens (tertiary/aromatic N) is 1. The highest BCUT2D eigenvalue weighted by Gasteiger charge is 2.16. The molecule has 0 saturated carbocycles. The number of carboxylic acid groups (broad SMARTS) is 1. The molecular formula is C12H16N2O5S. The van der Waals surface area contributed by atoms with Crippen molar-refractivity contribution in [3.05, 3.63) is 22.4 Å². The van der Waals surface area contributed by atoms with E-state index in [0.29, 0.717) is 4.88 Å². The number of carboxylic acids is 1. The quantitative estimate of drug-likeness (QED) is 0.645. The van der Waals surface area contributed by atoms with Crippen molar-refractivity contribution in [2.45, 2.75) is 12.5 Å². The molecule has 0 aromatic carbocycles. The number of hydrogen-bond acceptors (Lipinski definition) is 5. The molecule has 0 aliphatic rings. The zero-order valence-corrected chi connectivity index (χ0v) is 11.7. The zero-order chi connectivity index (χ0) is 15.1. The summed E-state index contributed by atoms with van der Waals surface area (Å²) in [6, 6.07) is 3.42. The second kappa shape index (κ2) is 7.61. The van der Waals surface area contributed by atoms with Gasteiger partial charge in [-0.1, -0.05) is 6.07 Å². The molecule has 110 valence electrons. The predicted molar refractivity (Wildman–Crippen MR) is 72.5 cm³/mol. The summed E-state index contributed by atoms with van der Waals surface area (Å²) in [5.41, 5.74) is 0. The van der Waals surface area contributed by atoms with Crippen molar-refractivity contribution >= 4 is 29.1 Å². The first-order chi connectivity index (χ1) is 9.41. The van der Waals surface area contributed by atoms with E-state index in [1.54, 1.807) is 17.5 Å². The largest absolute Gasteiger partial charge is 0.479 e. The van der Waals surface area contributed by atoms with E-state index in [9.17, 15) is 14.4 Å². The highest BCUT2D eigenvalue weighted by atomic mass is 32.1. The molecule has 0 unspecified atom stereocenters. The SMILES string of the molecule is CN(CC(=O)NCC[C@H](O)C(=O)O)C(=O)c1cccs1. The Hall–Kier alpha value is -1.93. The van der Waals surface area contributed by atoms with Crippen molar-refractivity contribution in [3.8, 4) is 0 Å². The second-order valence-electron chi connectivity index (χ2n) is 4.13. The zero-order valence-electron chi connectivity index (χ0n) is 10.9. The number of aliphatic carboxylic acids is 1. The van der Waals surface area contributed by atoms with Crippen LogP contribution in [0.4, 0.5) is 0 Å². The van der Waals surface area contributed by atoms with Crippen molar-refractivity contribution < 1.29 is 24.6 Å². The molecule has 1 aromatic rings. The number of nitrogens with one attached hydrogen (secondary N) is 1. The van der Waals surface area contributed by atoms with Crippen molar-refractivity contribution in [1.29, 1.82) is 0 Å². The molecule has 20 heavy (non-hydrogen) atoms. The molecule has 0 aliphatic heterocycles. The molecule has 0 spiro atoms. The maximum absolute atomic E-state index is 11.9. The maximum atomic E-state index is 11.9. The van der Waals surface area contributed by atoms with Crippen LogP contribution in [0.15, 0.2) is 17.5 Å². The van der Waals surface area contributed by atoms with Gasteiger partial charge in [-0.2, -0.15) is 0 Å². The summed E-state index contributed by atoms with van der Waals surface area (Å²) in [5.74, 6) is -1.99. The monoisotopic (exact) mass is 300 g/mol. The van der Waals surface area contributed by atoms with Gasteiger partial charge < -0.3 is 20.4 Å². The summed E-state index contributed by atoms with van der Waals surface area (Å²) in [6.45, 7) is -0.0900. The lowest BCUT2D eigenvalue weighted by atomic mass is 10.2. The van der Waals surface area contributed by atoms with Crippen LogP contribution in [0, 0.1) is 0 Å². The molecule has 2 amide bonds. The molecule has 1 atom stereocenters. The van der Waals surface area contributed by atoms with E-state index in [-0.39, 0.29) is 25.4 Å². The maximum Gasteiger partial charge on any atom is 0.332 e. The summed E-state index contributed by atoms with van der Waals surface area (Å²) in [7, 11) is 1.51. The van der Waals surface area contributed by atoms with Gasteiger partial charge >= 0.3 is 5.97 Å². The summed E-state index contributed by atoms with van der Waals surface area (Å²) >= 11 is 1.29. The Morgan fingerprint density at radius 3 is 2.70 bits per heavy atom. The van der Waals surface area contributed by atoms with Gasteiger partial charge in [-0.25, -0.2) is 4.79 Å². The Balaban J connectivity index is 2.31. The molecule has 1 aromatic heterocycles. The smallest absolute Gasteiger partial charge is 0.332 e. The predicted octanol–water partition coefficient (Wildman–Crippen LogP) is -0.228. The molecule has 0 saturated heterocycles. The highest BCUT2D eigenvalue weighted by molar-refractivity contribution is 7.12. The van der Waals surface area contributed by atoms with Gasteiger partial charge in [0, 0.05) is 20.0 Å². The summed E-state index contributed by atoms with van der Waals surface area (Å²) in [4.78, 5) is 35.6. The van der Waals surface area contributed by atoms with Gasteiger partial charge in [0.1, 0.15) is 0 Å². The third kappa shape index (κ3) is 4.98. The Labute approximate surface area is 119 Å². The highest BCUT2D eigenvalue weighted by Crippen LogP contribution is 2.10. The van der Waals surface area contributed by atoms with E-state index < -0.39 is 18.0 Å². The van der Waals surface area contributed by atoms with Gasteiger partial charge in [0.15, 0.2) is 6.10 Å². The Morgan fingerprint density at radius 1 is 1.45 bits per heavy atom. The van der Waals surface area contributed by atoms with Gasteiger partial charge in [0.05, 0.1) is 11.4 Å². The van der Waals surface area contributed by atoms with E-state index >= 15 is 0 Å². The van der Waals surface area contributed by atoms with Crippen molar-refractivity contribution in [1.82, 2.24) is 10.2 Å². The lowest BCUT2D eigenvalue weighted by Crippen LogP contribution is -2.39. The minimum absolute atomic E-state index is 0.0351. The molecule has 1 heterocycles. The third-order valence-corrected chi connectivity index (χ3v) is 3.34. The number of carbonyl (C=O) groups excluding carboxylic acids is 2. The van der Waals surface area contributed by atoms with Crippen LogP contribution in [-0.4, -0.2) is 59.1 Å². The van der Waals surface area contributed by atoms with Crippen LogP contribution in [0.3, 0.4) is 0 Å². The first kappa shape index (κ1) is 16.1. The molecule has 7 nitrogen and oxygen atoms in total. The lowest BCUT2D eigenvalue weighted by molar-refractivity contribution is -0.147. The van der Waals surface area contributed by atoms with Gasteiger partial charge in [-0.3, -0.25) is 9.59 Å². The number of aliphatic hydroxyl groups is 1. The van der Waals surface area contributed by atoms with Gasteiger partial charge in [-0.05, 0) is 11.4 Å². The third-order valence-electron chi connectivity index (χ3n) is 2.48. The molecule has 1 rings (SSSR count). The number of aliphatic hydroxyl groups excluding tert-OH is 1. The second-order valence-corrected chi connectivity index (χ2v) is 5.08. The molecule has 0 bridgehead atoms. The fraction of sp³-hybridized carbons (Fsp3) is 0.417. The normalized spacial score (nSPS) is 11.7. The molecule has 0 fully saturated rings. The average Bonchev–Trinajstić information content (AvgIpc) is 2.91. The van der Waals surface area contributed by atoms with Crippen LogP contribution in [0.5, 0.6) is 0 Å². The van der Waals surface area contributed by atoms with E-state index in [4.69, 9.17) is 10.2 Å². The van der Waals surface area contributed by atoms with Crippen LogP contribution in [0.1, 0.15) is 16.1 Å². The topological polar surface area (TPSA) is 107 Å². The Bertz CT molecular complexity index is 474. The first-order valence-electron chi connectivity index (χ1n) is 5.88. The van der Waals surface area contributed by atoms with Gasteiger partial charge in [-0.15, -0.1) is 11.3 Å². The molecule has 3 N–H and O–H groups in total. The van der Waals surface area contributed by atoms with Crippen molar-refractivity contribution in [2.24, 2.45) is 0 Å². The van der Waals surface area contributed by atoms with Crippen LogP contribution >= 0.6 is 11.3 Å². The summed E-state index contributed by atoms with van der Waals surface area (Å²) in [5, 5.41) is 21.7. The minimum Gasteiger partial charge on any atom is -0.479 e. The number of carbonyl (C=O) groups is 3. The standard InChI is InChI=1S/C12H16N2O5S/c1-14(11(17)9-3-2-6-20-9)7-10(16)13-5-4-8(15)12(18)19/h2-3,6,8,15H,4-5,7H2,1H3,(H,13,16)(H,18,19)/t8-/m0/s1.